The van der Waals surface area contributed by atoms with Crippen LogP contribution in [0, 0.1) is 0 Å². The van der Waals surface area contributed by atoms with Crippen LogP contribution in [-0.4, -0.2) is 16.3 Å². The van der Waals surface area contributed by atoms with Crippen LogP contribution in [0.1, 0.15) is 50.2 Å². The minimum atomic E-state index is -0.620. The molecule has 0 spiro atoms. The minimum Gasteiger partial charge on any atom is -0.481 e. The molecule has 3 heteroatoms. The number of fused-ring (bicyclic) bond motifs is 1. The van der Waals surface area contributed by atoms with E-state index >= 15 is 0 Å². The van der Waals surface area contributed by atoms with E-state index in [9.17, 15) is 9.90 Å². The van der Waals surface area contributed by atoms with Crippen molar-refractivity contribution in [2.75, 3.05) is 0 Å². The van der Waals surface area contributed by atoms with Gasteiger partial charge in [-0.3, -0.25) is 4.79 Å². The molecule has 19 heavy (non-hydrogen) atoms. The molecule has 1 heterocycles. The van der Waals surface area contributed by atoms with E-state index in [1.54, 1.807) is 0 Å². The molecule has 1 unspecified atom stereocenters. The van der Waals surface area contributed by atoms with Crippen molar-refractivity contribution < 1.29 is 9.90 Å². The van der Waals surface area contributed by atoms with E-state index < -0.39 is 11.4 Å². The van der Waals surface area contributed by atoms with E-state index in [2.05, 4.69) is 19.1 Å². The fourth-order valence-corrected chi connectivity index (χ4v) is 4.81. The summed E-state index contributed by atoms with van der Waals surface area (Å²) in [6, 6.07) is 6.25. The average Bonchev–Trinajstić information content (AvgIpc) is 2.79. The highest BCUT2D eigenvalue weighted by atomic mass is 32.2. The van der Waals surface area contributed by atoms with Crippen LogP contribution >= 0.6 is 11.8 Å². The Kier molecular flexibility index (Phi) is 3.34. The van der Waals surface area contributed by atoms with Crippen LogP contribution in [0.25, 0.3) is 0 Å². The zero-order valence-corrected chi connectivity index (χ0v) is 12.1. The normalized spacial score (nSPS) is 25.0. The molecule has 3 rings (SSSR count). The number of carboxylic acids is 1. The van der Waals surface area contributed by atoms with Crippen LogP contribution in [0.4, 0.5) is 0 Å². The minimum absolute atomic E-state index is 0.575. The van der Waals surface area contributed by atoms with Crippen molar-refractivity contribution in [2.45, 2.75) is 61.0 Å². The Labute approximate surface area is 118 Å². The molecule has 0 radical (unpaired) electrons. The largest absolute Gasteiger partial charge is 0.481 e. The lowest BCUT2D eigenvalue weighted by Crippen LogP contribution is -2.38. The second-order valence-corrected chi connectivity index (χ2v) is 7.34. The summed E-state index contributed by atoms with van der Waals surface area (Å²) in [6.07, 6.45) is 5.88. The molecule has 1 atom stereocenters. The first kappa shape index (κ1) is 13.0. The van der Waals surface area contributed by atoms with Gasteiger partial charge in [-0.25, -0.2) is 0 Å². The first-order valence-electron chi connectivity index (χ1n) is 7.16. The molecule has 102 valence electrons. The Bertz CT molecular complexity index is 503. The van der Waals surface area contributed by atoms with Crippen molar-refractivity contribution in [1.29, 1.82) is 0 Å². The topological polar surface area (TPSA) is 37.3 Å². The molecular formula is C16H20O2S. The van der Waals surface area contributed by atoms with Gasteiger partial charge in [0.25, 0.3) is 0 Å². The lowest BCUT2D eigenvalue weighted by Gasteiger charge is -2.35. The van der Waals surface area contributed by atoms with Gasteiger partial charge in [-0.05, 0) is 36.5 Å². The second-order valence-electron chi connectivity index (χ2n) is 5.86. The second kappa shape index (κ2) is 4.86. The van der Waals surface area contributed by atoms with Gasteiger partial charge in [0.05, 0.1) is 5.41 Å². The first-order valence-corrected chi connectivity index (χ1v) is 8.04. The molecule has 1 aromatic carbocycles. The van der Waals surface area contributed by atoms with E-state index in [1.165, 1.54) is 16.9 Å². The highest BCUT2D eigenvalue weighted by Crippen LogP contribution is 2.47. The van der Waals surface area contributed by atoms with Crippen molar-refractivity contribution >= 4 is 17.7 Å². The maximum Gasteiger partial charge on any atom is 0.314 e. The quantitative estimate of drug-likeness (QED) is 0.886. The smallest absolute Gasteiger partial charge is 0.314 e. The van der Waals surface area contributed by atoms with Crippen molar-refractivity contribution in [3.8, 4) is 0 Å². The average molecular weight is 276 g/mol. The third-order valence-corrected chi connectivity index (χ3v) is 5.79. The summed E-state index contributed by atoms with van der Waals surface area (Å²) in [7, 11) is 0. The van der Waals surface area contributed by atoms with Gasteiger partial charge in [0.2, 0.25) is 0 Å². The highest BCUT2D eigenvalue weighted by molar-refractivity contribution is 8.00. The fraction of sp³-hybridized carbons (Fsp3) is 0.562. The number of carboxylic acid groups (broad SMARTS) is 1. The van der Waals surface area contributed by atoms with Crippen LogP contribution in [-0.2, 0) is 16.6 Å². The molecule has 1 fully saturated rings. The number of hydrogen-bond donors (Lipinski definition) is 1. The van der Waals surface area contributed by atoms with Crippen LogP contribution in [0.15, 0.2) is 23.1 Å². The number of rotatable bonds is 2. The van der Waals surface area contributed by atoms with Gasteiger partial charge in [-0.2, -0.15) is 0 Å². The van der Waals surface area contributed by atoms with E-state index in [4.69, 9.17) is 0 Å². The summed E-state index contributed by atoms with van der Waals surface area (Å²) >= 11 is 1.89. The van der Waals surface area contributed by atoms with Gasteiger partial charge < -0.3 is 5.11 Å². The van der Waals surface area contributed by atoms with E-state index in [1.807, 2.05) is 17.8 Å². The Hall–Kier alpha value is -0.960. The number of aliphatic carboxylic acids is 1. The van der Waals surface area contributed by atoms with Crippen LogP contribution in [0.2, 0.25) is 0 Å². The van der Waals surface area contributed by atoms with Gasteiger partial charge in [0, 0.05) is 10.1 Å². The van der Waals surface area contributed by atoms with Gasteiger partial charge in [0.15, 0.2) is 0 Å². The van der Waals surface area contributed by atoms with Crippen molar-refractivity contribution in [3.05, 3.63) is 29.3 Å². The molecule has 2 nitrogen and oxygen atoms in total. The number of hydrogen-bond acceptors (Lipinski definition) is 2. The van der Waals surface area contributed by atoms with E-state index in [-0.39, 0.29) is 0 Å². The lowest BCUT2D eigenvalue weighted by atomic mass is 9.68. The molecule has 1 aliphatic heterocycles. The molecule has 2 aliphatic rings. The number of carbonyl (C=O) groups is 1. The molecular weight excluding hydrogens is 256 g/mol. The van der Waals surface area contributed by atoms with Crippen LogP contribution in [0.5, 0.6) is 0 Å². The van der Waals surface area contributed by atoms with E-state index in [0.717, 1.165) is 37.7 Å². The van der Waals surface area contributed by atoms with Gasteiger partial charge >= 0.3 is 5.97 Å². The zero-order chi connectivity index (χ0) is 13.5. The van der Waals surface area contributed by atoms with Crippen molar-refractivity contribution in [3.63, 3.8) is 0 Å². The van der Waals surface area contributed by atoms with Gasteiger partial charge in [-0.15, -0.1) is 11.8 Å². The summed E-state index contributed by atoms with van der Waals surface area (Å²) < 4.78 is 0. The molecule has 1 aliphatic carbocycles. The van der Waals surface area contributed by atoms with Crippen molar-refractivity contribution in [2.24, 2.45) is 0 Å². The predicted molar refractivity (Wildman–Crippen MR) is 77.9 cm³/mol. The first-order chi connectivity index (χ1) is 9.13. The Morgan fingerprint density at radius 2 is 2.05 bits per heavy atom. The monoisotopic (exact) mass is 276 g/mol. The number of benzene rings is 1. The third kappa shape index (κ3) is 2.08. The Morgan fingerprint density at radius 1 is 1.32 bits per heavy atom. The van der Waals surface area contributed by atoms with Crippen molar-refractivity contribution in [1.82, 2.24) is 0 Å². The zero-order valence-electron chi connectivity index (χ0n) is 11.3. The number of thioether (sulfide) groups is 1. The predicted octanol–water partition coefficient (Wildman–Crippen LogP) is 4.01. The summed E-state index contributed by atoms with van der Waals surface area (Å²) in [5, 5.41) is 10.4. The molecule has 0 amide bonds. The molecule has 0 saturated heterocycles. The van der Waals surface area contributed by atoms with Gasteiger partial charge in [-0.1, -0.05) is 38.3 Å². The maximum atomic E-state index is 12.0. The molecule has 1 saturated carbocycles. The molecule has 1 N–H and O–H groups in total. The van der Waals surface area contributed by atoms with Crippen LogP contribution < -0.4 is 0 Å². The summed E-state index contributed by atoms with van der Waals surface area (Å²) in [4.78, 5) is 13.3. The highest BCUT2D eigenvalue weighted by Gasteiger charge is 2.43. The lowest BCUT2D eigenvalue weighted by molar-refractivity contribution is -0.145. The Balaban J connectivity index is 2.10. The van der Waals surface area contributed by atoms with Gasteiger partial charge in [0.1, 0.15) is 0 Å². The summed E-state index contributed by atoms with van der Waals surface area (Å²) in [6.45, 7) is 2.22. The summed E-state index contributed by atoms with van der Waals surface area (Å²) in [5.74, 6) is -0.620. The van der Waals surface area contributed by atoms with Crippen LogP contribution in [0.3, 0.4) is 0 Å². The SMILES string of the molecule is CC1Cc2c(cccc2C2(C(=O)O)CCCCC2)S1. The molecule has 0 bridgehead atoms. The summed E-state index contributed by atoms with van der Waals surface area (Å²) in [5.41, 5.74) is 1.80. The molecule has 1 aromatic rings. The maximum absolute atomic E-state index is 12.0. The fourth-order valence-electron chi connectivity index (χ4n) is 3.63. The molecule has 0 aromatic heterocycles. The standard InChI is InChI=1S/C16H20O2S/c1-11-10-12-13(6-5-7-14(12)19-11)16(15(17)18)8-3-2-4-9-16/h5-7,11H,2-4,8-10H2,1H3,(H,17,18). The Morgan fingerprint density at radius 3 is 2.74 bits per heavy atom. The third-order valence-electron chi connectivity index (χ3n) is 4.58. The van der Waals surface area contributed by atoms with E-state index in [0.29, 0.717) is 5.25 Å².